The van der Waals surface area contributed by atoms with Crippen molar-refractivity contribution in [2.45, 2.75) is 63.6 Å². The third-order valence-corrected chi connectivity index (χ3v) is 8.32. The Morgan fingerprint density at radius 2 is 1.93 bits per heavy atom. The molecule has 0 aliphatic heterocycles. The SMILES string of the molecule is CCn1c(CC23CC4CC(CC(C4)C2)C3)nnc1SCC(=O)Nc1nncs1. The van der Waals surface area contributed by atoms with Crippen molar-refractivity contribution in [1.29, 1.82) is 0 Å². The van der Waals surface area contributed by atoms with Gasteiger partial charge >= 0.3 is 0 Å². The summed E-state index contributed by atoms with van der Waals surface area (Å²) in [5, 5.41) is 20.7. The highest BCUT2D eigenvalue weighted by molar-refractivity contribution is 7.99. The molecule has 2 aromatic heterocycles. The fourth-order valence-corrected chi connectivity index (χ4v) is 7.51. The van der Waals surface area contributed by atoms with E-state index < -0.39 is 0 Å². The molecule has 7 nitrogen and oxygen atoms in total. The van der Waals surface area contributed by atoms with Crippen LogP contribution in [0.4, 0.5) is 5.13 Å². The van der Waals surface area contributed by atoms with Crippen LogP contribution in [0.25, 0.3) is 0 Å². The van der Waals surface area contributed by atoms with Crippen LogP contribution in [0.2, 0.25) is 0 Å². The van der Waals surface area contributed by atoms with Gasteiger partial charge in [0.2, 0.25) is 11.0 Å². The molecule has 9 heteroatoms. The molecule has 0 saturated heterocycles. The van der Waals surface area contributed by atoms with Gasteiger partial charge in [0.1, 0.15) is 11.3 Å². The molecule has 0 radical (unpaired) electrons. The van der Waals surface area contributed by atoms with E-state index in [1.807, 2.05) is 0 Å². The molecule has 2 heterocycles. The maximum Gasteiger partial charge on any atom is 0.236 e. The van der Waals surface area contributed by atoms with Gasteiger partial charge < -0.3 is 4.57 Å². The molecule has 4 saturated carbocycles. The topological polar surface area (TPSA) is 85.6 Å². The zero-order chi connectivity index (χ0) is 19.1. The van der Waals surface area contributed by atoms with E-state index in [0.717, 1.165) is 41.7 Å². The van der Waals surface area contributed by atoms with Crippen LogP contribution < -0.4 is 5.32 Å². The summed E-state index contributed by atoms with van der Waals surface area (Å²) >= 11 is 2.77. The molecule has 0 unspecified atom stereocenters. The van der Waals surface area contributed by atoms with E-state index >= 15 is 0 Å². The van der Waals surface area contributed by atoms with E-state index in [9.17, 15) is 4.79 Å². The number of amides is 1. The Morgan fingerprint density at radius 3 is 2.54 bits per heavy atom. The summed E-state index contributed by atoms with van der Waals surface area (Å²) < 4.78 is 2.21. The summed E-state index contributed by atoms with van der Waals surface area (Å²) in [7, 11) is 0. The van der Waals surface area contributed by atoms with Crippen LogP contribution in [0.3, 0.4) is 0 Å². The molecule has 4 fully saturated rings. The second-order valence-corrected chi connectivity index (χ2v) is 10.6. The molecule has 1 amide bonds. The molecule has 2 aromatic rings. The van der Waals surface area contributed by atoms with Gasteiger partial charge in [-0.25, -0.2) is 0 Å². The van der Waals surface area contributed by atoms with Crippen LogP contribution in [-0.2, 0) is 17.8 Å². The fourth-order valence-electron chi connectivity index (χ4n) is 6.23. The van der Waals surface area contributed by atoms with Gasteiger partial charge in [0.15, 0.2) is 5.16 Å². The lowest BCUT2D eigenvalue weighted by molar-refractivity contribution is -0.113. The van der Waals surface area contributed by atoms with E-state index in [2.05, 4.69) is 37.2 Å². The number of anilines is 1. The first-order valence-electron chi connectivity index (χ1n) is 10.2. The molecule has 0 spiro atoms. The number of hydrogen-bond donors (Lipinski definition) is 1. The molecule has 150 valence electrons. The second kappa shape index (κ2) is 7.40. The first-order chi connectivity index (χ1) is 13.6. The number of rotatable bonds is 7. The van der Waals surface area contributed by atoms with Gasteiger partial charge in [-0.2, -0.15) is 0 Å². The molecule has 6 rings (SSSR count). The minimum absolute atomic E-state index is 0.0879. The zero-order valence-electron chi connectivity index (χ0n) is 16.1. The van der Waals surface area contributed by atoms with Gasteiger partial charge in [-0.1, -0.05) is 23.1 Å². The van der Waals surface area contributed by atoms with Crippen molar-refractivity contribution in [3.05, 3.63) is 11.3 Å². The highest BCUT2D eigenvalue weighted by atomic mass is 32.2. The largest absolute Gasteiger partial charge is 0.306 e. The molecule has 0 atom stereocenters. The number of carbonyl (C=O) groups excluding carboxylic acids is 1. The predicted octanol–water partition coefficient (Wildman–Crippen LogP) is 3.64. The van der Waals surface area contributed by atoms with Gasteiger partial charge in [0.25, 0.3) is 0 Å². The van der Waals surface area contributed by atoms with E-state index in [-0.39, 0.29) is 5.91 Å². The van der Waals surface area contributed by atoms with Crippen molar-refractivity contribution in [2.75, 3.05) is 11.1 Å². The summed E-state index contributed by atoms with van der Waals surface area (Å²) in [6.07, 6.45) is 9.57. The summed E-state index contributed by atoms with van der Waals surface area (Å²) in [4.78, 5) is 12.1. The lowest BCUT2D eigenvalue weighted by Crippen LogP contribution is -2.47. The van der Waals surface area contributed by atoms with Crippen molar-refractivity contribution in [3.63, 3.8) is 0 Å². The lowest BCUT2D eigenvalue weighted by Gasteiger charge is -2.56. The number of nitrogens with zero attached hydrogens (tertiary/aromatic N) is 5. The normalized spacial score (nSPS) is 30.7. The van der Waals surface area contributed by atoms with E-state index in [1.54, 1.807) is 5.51 Å². The van der Waals surface area contributed by atoms with E-state index in [0.29, 0.717) is 16.3 Å². The first kappa shape index (κ1) is 18.5. The summed E-state index contributed by atoms with van der Waals surface area (Å²) in [5.41, 5.74) is 2.05. The molecule has 4 aliphatic rings. The van der Waals surface area contributed by atoms with Crippen LogP contribution in [0.1, 0.15) is 51.3 Å². The van der Waals surface area contributed by atoms with Crippen LogP contribution in [0.15, 0.2) is 10.7 Å². The highest BCUT2D eigenvalue weighted by Crippen LogP contribution is 2.61. The van der Waals surface area contributed by atoms with Crippen LogP contribution >= 0.6 is 23.1 Å². The Labute approximate surface area is 173 Å². The molecule has 1 N–H and O–H groups in total. The Hall–Kier alpha value is -1.48. The van der Waals surface area contributed by atoms with E-state index in [1.165, 1.54) is 61.6 Å². The quantitative estimate of drug-likeness (QED) is 0.691. The van der Waals surface area contributed by atoms with Crippen LogP contribution in [0, 0.1) is 23.2 Å². The van der Waals surface area contributed by atoms with E-state index in [4.69, 9.17) is 0 Å². The first-order valence-corrected chi connectivity index (χ1v) is 12.1. The van der Waals surface area contributed by atoms with Crippen molar-refractivity contribution in [1.82, 2.24) is 25.0 Å². The molecule has 4 aliphatic carbocycles. The average molecular weight is 419 g/mol. The average Bonchev–Trinajstić information content (AvgIpc) is 3.28. The smallest absolute Gasteiger partial charge is 0.236 e. The number of hydrogen-bond acceptors (Lipinski definition) is 7. The van der Waals surface area contributed by atoms with Crippen molar-refractivity contribution >= 4 is 34.1 Å². The van der Waals surface area contributed by atoms with Gasteiger partial charge in [-0.15, -0.1) is 20.4 Å². The number of carbonyl (C=O) groups is 1. The van der Waals surface area contributed by atoms with Gasteiger partial charge in [-0.05, 0) is 68.6 Å². The van der Waals surface area contributed by atoms with Crippen molar-refractivity contribution in [2.24, 2.45) is 23.2 Å². The van der Waals surface area contributed by atoms with Crippen molar-refractivity contribution < 1.29 is 4.79 Å². The van der Waals surface area contributed by atoms with Gasteiger partial charge in [0.05, 0.1) is 5.75 Å². The predicted molar refractivity (Wildman–Crippen MR) is 109 cm³/mol. The third-order valence-electron chi connectivity index (χ3n) is 6.75. The molecule has 28 heavy (non-hydrogen) atoms. The number of nitrogens with one attached hydrogen (secondary N) is 1. The second-order valence-electron chi connectivity index (χ2n) is 8.82. The molecule has 0 aromatic carbocycles. The summed E-state index contributed by atoms with van der Waals surface area (Å²) in [6, 6.07) is 0. The van der Waals surface area contributed by atoms with Crippen molar-refractivity contribution in [3.8, 4) is 0 Å². The Kier molecular flexibility index (Phi) is 4.90. The molecular formula is C19H26N6OS2. The van der Waals surface area contributed by atoms with Gasteiger partial charge in [0, 0.05) is 13.0 Å². The maximum atomic E-state index is 12.1. The lowest BCUT2D eigenvalue weighted by atomic mass is 9.49. The fraction of sp³-hybridized carbons (Fsp3) is 0.737. The zero-order valence-corrected chi connectivity index (χ0v) is 17.8. The summed E-state index contributed by atoms with van der Waals surface area (Å²) in [6.45, 7) is 2.98. The number of thioether (sulfide) groups is 1. The van der Waals surface area contributed by atoms with Gasteiger partial charge in [-0.3, -0.25) is 10.1 Å². The van der Waals surface area contributed by atoms with Crippen LogP contribution in [-0.4, -0.2) is 36.6 Å². The van der Waals surface area contributed by atoms with Crippen LogP contribution in [0.5, 0.6) is 0 Å². The Balaban J connectivity index is 1.25. The minimum atomic E-state index is -0.0879. The Bertz CT molecular complexity index is 813. The standard InChI is InChI=1S/C19H26N6OS2/c1-2-25-15(9-19-6-12-3-13(7-19)5-14(4-12)8-19)22-24-18(25)27-10-16(26)21-17-23-20-11-28-17/h11-14H,2-10H2,1H3,(H,21,23,26). The third kappa shape index (κ3) is 3.58. The molecule has 4 bridgehead atoms. The Morgan fingerprint density at radius 1 is 1.21 bits per heavy atom. The minimum Gasteiger partial charge on any atom is -0.306 e. The highest BCUT2D eigenvalue weighted by Gasteiger charge is 2.51. The molecular weight excluding hydrogens is 392 g/mol. The monoisotopic (exact) mass is 418 g/mol. The summed E-state index contributed by atoms with van der Waals surface area (Å²) in [5.74, 6) is 4.16. The number of aromatic nitrogens is 5. The maximum absolute atomic E-state index is 12.1.